The number of hydrogen-bond acceptors (Lipinski definition) is 3. The van der Waals surface area contributed by atoms with Crippen LogP contribution in [-0.2, 0) is 0 Å². The van der Waals surface area contributed by atoms with Crippen molar-refractivity contribution >= 4 is 18.3 Å². The molecule has 1 saturated heterocycles. The predicted molar refractivity (Wildman–Crippen MR) is 84.1 cm³/mol. The fraction of sp³-hybridized carbons (Fsp3) is 0.333. The molecule has 3 rings (SSSR count). The third-order valence-corrected chi connectivity index (χ3v) is 3.67. The van der Waals surface area contributed by atoms with Crippen LogP contribution in [0.3, 0.4) is 0 Å². The number of carbonyl (C=O) groups excluding carboxylic acids is 1. The summed E-state index contributed by atoms with van der Waals surface area (Å²) in [7, 11) is 0. The summed E-state index contributed by atoms with van der Waals surface area (Å²) in [6.07, 6.45) is 1.61. The molecule has 0 saturated carbocycles. The van der Waals surface area contributed by atoms with Crippen molar-refractivity contribution in [2.75, 3.05) is 19.6 Å². The van der Waals surface area contributed by atoms with Gasteiger partial charge in [-0.15, -0.1) is 12.4 Å². The van der Waals surface area contributed by atoms with Crippen molar-refractivity contribution in [2.24, 2.45) is 0 Å². The van der Waals surface area contributed by atoms with Gasteiger partial charge in [0.2, 0.25) is 0 Å². The molecular weight excluding hydrogens is 307 g/mol. The summed E-state index contributed by atoms with van der Waals surface area (Å²) in [4.78, 5) is 14.3. The van der Waals surface area contributed by atoms with Crippen LogP contribution in [0, 0.1) is 5.82 Å². The van der Waals surface area contributed by atoms with Crippen LogP contribution in [0.5, 0.6) is 0 Å². The van der Waals surface area contributed by atoms with Crippen LogP contribution in [0.2, 0.25) is 0 Å². The molecule has 0 bridgehead atoms. The van der Waals surface area contributed by atoms with Gasteiger partial charge in [0.05, 0.1) is 0 Å². The molecule has 5 nitrogen and oxygen atoms in total. The Morgan fingerprint density at radius 2 is 2.14 bits per heavy atom. The number of piperazine rings is 1. The molecule has 1 atom stereocenters. The van der Waals surface area contributed by atoms with Gasteiger partial charge in [0.15, 0.2) is 5.69 Å². The highest BCUT2D eigenvalue weighted by Gasteiger charge is 2.25. The lowest BCUT2D eigenvalue weighted by atomic mass is 10.2. The second-order valence-electron chi connectivity index (χ2n) is 5.15. The SMILES string of the molecule is C[C@@H]1CNCCN1C(=O)c1ccn(-c2ccccc2F)n1.Cl. The summed E-state index contributed by atoms with van der Waals surface area (Å²) in [6.45, 7) is 4.22. The normalized spacial score (nSPS) is 17.9. The highest BCUT2D eigenvalue weighted by Crippen LogP contribution is 2.14. The van der Waals surface area contributed by atoms with E-state index in [1.807, 2.05) is 6.92 Å². The van der Waals surface area contributed by atoms with Gasteiger partial charge in [-0.25, -0.2) is 9.07 Å². The molecule has 1 amide bonds. The maximum absolute atomic E-state index is 13.7. The van der Waals surface area contributed by atoms with Gasteiger partial charge in [0, 0.05) is 31.9 Å². The van der Waals surface area contributed by atoms with E-state index in [1.54, 1.807) is 35.4 Å². The average molecular weight is 325 g/mol. The molecule has 1 N–H and O–H groups in total. The van der Waals surface area contributed by atoms with Gasteiger partial charge in [-0.05, 0) is 25.1 Å². The van der Waals surface area contributed by atoms with Crippen LogP contribution in [-0.4, -0.2) is 46.3 Å². The first-order valence-corrected chi connectivity index (χ1v) is 6.99. The number of rotatable bonds is 2. The Labute approximate surface area is 134 Å². The van der Waals surface area contributed by atoms with Crippen molar-refractivity contribution in [3.05, 3.63) is 48.0 Å². The number of halogens is 2. The first-order chi connectivity index (χ1) is 10.2. The zero-order chi connectivity index (χ0) is 14.8. The summed E-state index contributed by atoms with van der Waals surface area (Å²) < 4.78 is 15.1. The van der Waals surface area contributed by atoms with Crippen molar-refractivity contribution in [3.8, 4) is 5.69 Å². The summed E-state index contributed by atoms with van der Waals surface area (Å²) >= 11 is 0. The largest absolute Gasteiger partial charge is 0.332 e. The van der Waals surface area contributed by atoms with Gasteiger partial charge in [-0.3, -0.25) is 4.79 Å². The first-order valence-electron chi connectivity index (χ1n) is 6.99. The maximum Gasteiger partial charge on any atom is 0.274 e. The number of nitrogens with zero attached hydrogens (tertiary/aromatic N) is 3. The molecule has 1 aromatic heterocycles. The molecule has 22 heavy (non-hydrogen) atoms. The Bertz CT molecular complexity index is 660. The highest BCUT2D eigenvalue weighted by atomic mass is 35.5. The van der Waals surface area contributed by atoms with E-state index in [4.69, 9.17) is 0 Å². The first kappa shape index (κ1) is 16.5. The number of benzene rings is 1. The minimum absolute atomic E-state index is 0. The van der Waals surface area contributed by atoms with E-state index in [2.05, 4.69) is 10.4 Å². The Hall–Kier alpha value is -1.92. The predicted octanol–water partition coefficient (Wildman–Crippen LogP) is 1.87. The maximum atomic E-state index is 13.7. The molecule has 1 aromatic carbocycles. The number of hydrogen-bond donors (Lipinski definition) is 1. The molecule has 0 aliphatic carbocycles. The number of para-hydroxylation sites is 1. The second-order valence-corrected chi connectivity index (χ2v) is 5.15. The van der Waals surface area contributed by atoms with Crippen LogP contribution in [0.1, 0.15) is 17.4 Å². The number of carbonyl (C=O) groups is 1. The molecule has 118 valence electrons. The lowest BCUT2D eigenvalue weighted by Crippen LogP contribution is -2.52. The average Bonchev–Trinajstić information content (AvgIpc) is 2.97. The van der Waals surface area contributed by atoms with Gasteiger partial charge in [-0.2, -0.15) is 5.10 Å². The van der Waals surface area contributed by atoms with E-state index >= 15 is 0 Å². The quantitative estimate of drug-likeness (QED) is 0.917. The zero-order valence-corrected chi connectivity index (χ0v) is 13.0. The molecule has 1 fully saturated rings. The van der Waals surface area contributed by atoms with Crippen molar-refractivity contribution in [2.45, 2.75) is 13.0 Å². The number of nitrogens with one attached hydrogen (secondary N) is 1. The van der Waals surface area contributed by atoms with Gasteiger partial charge in [-0.1, -0.05) is 12.1 Å². The summed E-state index contributed by atoms with van der Waals surface area (Å²) in [6, 6.07) is 8.12. The van der Waals surface area contributed by atoms with Crippen molar-refractivity contribution in [1.29, 1.82) is 0 Å². The lowest BCUT2D eigenvalue weighted by molar-refractivity contribution is 0.0649. The third kappa shape index (κ3) is 3.13. The van der Waals surface area contributed by atoms with E-state index < -0.39 is 0 Å². The summed E-state index contributed by atoms with van der Waals surface area (Å²) in [5.41, 5.74) is 0.678. The smallest absolute Gasteiger partial charge is 0.274 e. The molecule has 0 unspecified atom stereocenters. The fourth-order valence-electron chi connectivity index (χ4n) is 2.50. The summed E-state index contributed by atoms with van der Waals surface area (Å²) in [5, 5.41) is 7.46. The van der Waals surface area contributed by atoms with Crippen LogP contribution in [0.25, 0.3) is 5.69 Å². The third-order valence-electron chi connectivity index (χ3n) is 3.67. The van der Waals surface area contributed by atoms with E-state index in [1.165, 1.54) is 10.7 Å². The van der Waals surface area contributed by atoms with Gasteiger partial charge in [0.25, 0.3) is 5.91 Å². The highest BCUT2D eigenvalue weighted by molar-refractivity contribution is 5.92. The Kier molecular flexibility index (Phi) is 5.15. The minimum atomic E-state index is -0.366. The minimum Gasteiger partial charge on any atom is -0.332 e. The van der Waals surface area contributed by atoms with Crippen LogP contribution in [0.4, 0.5) is 4.39 Å². The molecule has 1 aliphatic heterocycles. The molecule has 2 heterocycles. The van der Waals surface area contributed by atoms with Gasteiger partial charge in [0.1, 0.15) is 11.5 Å². The zero-order valence-electron chi connectivity index (χ0n) is 12.2. The molecule has 0 spiro atoms. The van der Waals surface area contributed by atoms with E-state index in [0.717, 1.165) is 13.1 Å². The van der Waals surface area contributed by atoms with Gasteiger partial charge < -0.3 is 10.2 Å². The van der Waals surface area contributed by atoms with Crippen molar-refractivity contribution in [3.63, 3.8) is 0 Å². The molecule has 0 radical (unpaired) electrons. The molecular formula is C15H18ClFN4O. The molecule has 7 heteroatoms. The van der Waals surface area contributed by atoms with Crippen LogP contribution >= 0.6 is 12.4 Å². The van der Waals surface area contributed by atoms with Crippen molar-refractivity contribution < 1.29 is 9.18 Å². The Morgan fingerprint density at radius 1 is 1.36 bits per heavy atom. The molecule has 2 aromatic rings. The standard InChI is InChI=1S/C15H17FN4O.ClH/c1-11-10-17-7-9-19(11)15(21)13-6-8-20(18-13)14-5-3-2-4-12(14)16;/h2-6,8,11,17H,7,9-10H2,1H3;1H/t11-;/m1./s1. The van der Waals surface area contributed by atoms with Gasteiger partial charge >= 0.3 is 0 Å². The van der Waals surface area contributed by atoms with E-state index in [0.29, 0.717) is 17.9 Å². The second kappa shape index (κ2) is 6.89. The Balaban J connectivity index is 0.00000176. The summed E-state index contributed by atoms with van der Waals surface area (Å²) in [5.74, 6) is -0.478. The number of amides is 1. The molecule has 1 aliphatic rings. The van der Waals surface area contributed by atoms with E-state index in [9.17, 15) is 9.18 Å². The van der Waals surface area contributed by atoms with Crippen molar-refractivity contribution in [1.82, 2.24) is 20.0 Å². The fourth-order valence-corrected chi connectivity index (χ4v) is 2.50. The van der Waals surface area contributed by atoms with Crippen LogP contribution in [0.15, 0.2) is 36.5 Å². The van der Waals surface area contributed by atoms with E-state index in [-0.39, 0.29) is 30.2 Å². The topological polar surface area (TPSA) is 50.2 Å². The van der Waals surface area contributed by atoms with Crippen LogP contribution < -0.4 is 5.32 Å². The lowest BCUT2D eigenvalue weighted by Gasteiger charge is -2.33. The Morgan fingerprint density at radius 3 is 2.86 bits per heavy atom. The monoisotopic (exact) mass is 324 g/mol. The number of aromatic nitrogens is 2.